The maximum Gasteiger partial charge on any atom is 0.573 e. The molecular weight excluding hydrogens is 483 g/mol. The van der Waals surface area contributed by atoms with Crippen molar-refractivity contribution in [3.63, 3.8) is 0 Å². The van der Waals surface area contributed by atoms with Gasteiger partial charge < -0.3 is 14.4 Å². The Labute approximate surface area is 201 Å². The van der Waals surface area contributed by atoms with Crippen LogP contribution in [0.4, 0.5) is 13.2 Å². The Morgan fingerprint density at radius 2 is 1.74 bits per heavy atom. The molecular formula is C25H24F3NO5S. The van der Waals surface area contributed by atoms with Crippen molar-refractivity contribution in [3.8, 4) is 5.75 Å². The number of alkyl halides is 3. The maximum absolute atomic E-state index is 13.5. The van der Waals surface area contributed by atoms with Crippen molar-refractivity contribution in [2.45, 2.75) is 38.3 Å². The highest BCUT2D eigenvalue weighted by atomic mass is 32.2. The van der Waals surface area contributed by atoms with Gasteiger partial charge in [-0.25, -0.2) is 0 Å². The van der Waals surface area contributed by atoms with E-state index < -0.39 is 38.8 Å². The van der Waals surface area contributed by atoms with Crippen molar-refractivity contribution in [2.75, 3.05) is 6.61 Å². The van der Waals surface area contributed by atoms with Crippen LogP contribution in [-0.4, -0.2) is 37.2 Å². The zero-order valence-corrected chi connectivity index (χ0v) is 19.8. The fraction of sp³-hybridized carbons (Fsp3) is 0.280. The molecule has 1 aromatic heterocycles. The number of nitrogens with zero attached hydrogens (tertiary/aromatic N) is 1. The lowest BCUT2D eigenvalue weighted by Crippen LogP contribution is -2.51. The highest BCUT2D eigenvalue weighted by molar-refractivity contribution is 7.90. The van der Waals surface area contributed by atoms with Crippen molar-refractivity contribution in [1.29, 1.82) is 0 Å². The van der Waals surface area contributed by atoms with Crippen LogP contribution in [0.15, 0.2) is 83.4 Å². The Kier molecular flexibility index (Phi) is 6.56. The Balaban J connectivity index is 2.14. The van der Waals surface area contributed by atoms with Crippen LogP contribution in [0.5, 0.6) is 5.75 Å². The molecule has 35 heavy (non-hydrogen) atoms. The maximum atomic E-state index is 13.5. The third-order valence-corrected chi connectivity index (χ3v) is 7.38. The summed E-state index contributed by atoms with van der Waals surface area (Å²) in [7, 11) is -4.51. The van der Waals surface area contributed by atoms with Gasteiger partial charge in [-0.2, -0.15) is 8.42 Å². The number of halogens is 3. The van der Waals surface area contributed by atoms with Crippen molar-refractivity contribution in [1.82, 2.24) is 4.57 Å². The number of aromatic nitrogens is 1. The number of ether oxygens (including phenoxy) is 1. The van der Waals surface area contributed by atoms with Gasteiger partial charge in [0.1, 0.15) is 22.3 Å². The van der Waals surface area contributed by atoms with E-state index >= 15 is 0 Å². The van der Waals surface area contributed by atoms with E-state index in [0.717, 1.165) is 6.07 Å². The minimum Gasteiger partial charge on any atom is -0.405 e. The third kappa shape index (κ3) is 4.37. The van der Waals surface area contributed by atoms with Crippen molar-refractivity contribution < 1.29 is 35.6 Å². The zero-order chi connectivity index (χ0) is 25.4. The number of aliphatic hydroxyl groups is 1. The van der Waals surface area contributed by atoms with Crippen LogP contribution in [0.3, 0.4) is 0 Å². The normalized spacial score (nSPS) is 21.0. The number of benzene rings is 2. The number of rotatable bonds is 7. The van der Waals surface area contributed by atoms with Crippen LogP contribution >= 0.6 is 0 Å². The molecule has 0 aliphatic heterocycles. The van der Waals surface area contributed by atoms with Gasteiger partial charge in [-0.15, -0.1) is 13.2 Å². The fourth-order valence-corrected chi connectivity index (χ4v) is 5.91. The third-order valence-electron chi connectivity index (χ3n) is 5.92. The van der Waals surface area contributed by atoms with Gasteiger partial charge in [0, 0.05) is 17.3 Å². The summed E-state index contributed by atoms with van der Waals surface area (Å²) < 4.78 is 78.3. The van der Waals surface area contributed by atoms with Gasteiger partial charge in [0.25, 0.3) is 10.1 Å². The Morgan fingerprint density at radius 1 is 1.06 bits per heavy atom. The standard InChI is InChI=1S/C25H24F3NO5S/c1-3-16-33-35(31,32)22-13-12-17(2)23(30)24(22,29-15-14-18-8-4-6-10-20(18)29)19-9-5-7-11-21(19)34-25(26,27)28/h4-15,23,30H,3,16H2,1-2H3/t23-,24+/m1/s1. The molecule has 186 valence electrons. The smallest absolute Gasteiger partial charge is 0.405 e. The molecule has 4 rings (SSSR count). The molecule has 1 aliphatic rings. The van der Waals surface area contributed by atoms with Crippen LogP contribution in [0.1, 0.15) is 25.8 Å². The highest BCUT2D eigenvalue weighted by Crippen LogP contribution is 2.50. The largest absolute Gasteiger partial charge is 0.573 e. The summed E-state index contributed by atoms with van der Waals surface area (Å²) in [6.07, 6.45) is -2.01. The molecule has 2 atom stereocenters. The monoisotopic (exact) mass is 507 g/mol. The van der Waals surface area contributed by atoms with E-state index in [1.54, 1.807) is 50.4 Å². The van der Waals surface area contributed by atoms with Crippen LogP contribution in [0.25, 0.3) is 10.9 Å². The van der Waals surface area contributed by atoms with Crippen LogP contribution in [0.2, 0.25) is 0 Å². The molecule has 0 spiro atoms. The number of hydrogen-bond donors (Lipinski definition) is 1. The summed E-state index contributed by atoms with van der Waals surface area (Å²) in [5, 5.41) is 12.4. The summed E-state index contributed by atoms with van der Waals surface area (Å²) in [6, 6.07) is 13.9. The second-order valence-corrected chi connectivity index (χ2v) is 9.76. The Morgan fingerprint density at radius 3 is 2.46 bits per heavy atom. The number of fused-ring (bicyclic) bond motifs is 1. The van der Waals surface area contributed by atoms with E-state index in [1.165, 1.54) is 34.9 Å². The lowest BCUT2D eigenvalue weighted by atomic mass is 9.77. The molecule has 0 amide bonds. The Hall–Kier alpha value is -3.08. The van der Waals surface area contributed by atoms with Gasteiger partial charge in [-0.05, 0) is 48.6 Å². The second-order valence-electron chi connectivity index (χ2n) is 8.18. The van der Waals surface area contributed by atoms with E-state index in [2.05, 4.69) is 4.74 Å². The second kappa shape index (κ2) is 9.18. The van der Waals surface area contributed by atoms with Gasteiger partial charge in [-0.3, -0.25) is 4.18 Å². The SMILES string of the molecule is CCCOS(=O)(=O)C1=CC=C(C)[C@@H](O)[C@@]1(c1ccccc1OC(F)(F)F)n1ccc2ccccc21. The van der Waals surface area contributed by atoms with E-state index in [9.17, 15) is 26.7 Å². The first kappa shape index (κ1) is 25.0. The molecule has 6 nitrogen and oxygen atoms in total. The number of aliphatic hydroxyl groups excluding tert-OH is 1. The number of para-hydroxylation sites is 2. The van der Waals surface area contributed by atoms with Crippen molar-refractivity contribution in [2.24, 2.45) is 0 Å². The van der Waals surface area contributed by atoms with Gasteiger partial charge >= 0.3 is 6.36 Å². The topological polar surface area (TPSA) is 77.8 Å². The molecule has 0 unspecified atom stereocenters. The van der Waals surface area contributed by atoms with Crippen LogP contribution in [0, 0.1) is 0 Å². The molecule has 10 heteroatoms. The Bertz CT molecular complexity index is 1410. The molecule has 0 fully saturated rings. The average molecular weight is 508 g/mol. The first-order valence-electron chi connectivity index (χ1n) is 10.9. The zero-order valence-electron chi connectivity index (χ0n) is 19.0. The summed E-state index contributed by atoms with van der Waals surface area (Å²) in [6.45, 7) is 3.16. The summed E-state index contributed by atoms with van der Waals surface area (Å²) in [5.74, 6) is -0.636. The lowest BCUT2D eigenvalue weighted by molar-refractivity contribution is -0.275. The fourth-order valence-electron chi connectivity index (χ4n) is 4.47. The minimum absolute atomic E-state index is 0.137. The predicted molar refractivity (Wildman–Crippen MR) is 125 cm³/mol. The highest BCUT2D eigenvalue weighted by Gasteiger charge is 2.54. The predicted octanol–water partition coefficient (Wildman–Crippen LogP) is 5.24. The average Bonchev–Trinajstić information content (AvgIpc) is 3.23. The summed E-state index contributed by atoms with van der Waals surface area (Å²) in [4.78, 5) is -0.406. The molecule has 0 saturated carbocycles. The molecule has 0 bridgehead atoms. The molecule has 1 heterocycles. The van der Waals surface area contributed by atoms with E-state index in [1.807, 2.05) is 0 Å². The van der Waals surface area contributed by atoms with Crippen LogP contribution in [-0.2, 0) is 19.8 Å². The number of hydrogen-bond acceptors (Lipinski definition) is 5. The molecule has 0 radical (unpaired) electrons. The molecule has 1 aliphatic carbocycles. The first-order chi connectivity index (χ1) is 16.5. The van der Waals surface area contributed by atoms with Gasteiger partial charge in [-0.1, -0.05) is 49.4 Å². The summed E-state index contributed by atoms with van der Waals surface area (Å²) in [5.41, 5.74) is -1.40. The van der Waals surface area contributed by atoms with Gasteiger partial charge in [0.2, 0.25) is 0 Å². The minimum atomic E-state index is -5.05. The summed E-state index contributed by atoms with van der Waals surface area (Å²) >= 11 is 0. The van der Waals surface area contributed by atoms with E-state index in [0.29, 0.717) is 22.9 Å². The van der Waals surface area contributed by atoms with Crippen LogP contribution < -0.4 is 4.74 Å². The lowest BCUT2D eigenvalue weighted by Gasteiger charge is -2.44. The number of allylic oxidation sites excluding steroid dienone is 2. The molecule has 0 saturated heterocycles. The van der Waals surface area contributed by atoms with Crippen molar-refractivity contribution >= 4 is 21.0 Å². The van der Waals surface area contributed by atoms with Gasteiger partial charge in [0.15, 0.2) is 0 Å². The van der Waals surface area contributed by atoms with E-state index in [4.69, 9.17) is 4.18 Å². The first-order valence-corrected chi connectivity index (χ1v) is 12.3. The van der Waals surface area contributed by atoms with Gasteiger partial charge in [0.05, 0.1) is 6.61 Å². The molecule has 3 aromatic rings. The molecule has 1 N–H and O–H groups in total. The van der Waals surface area contributed by atoms with Crippen molar-refractivity contribution in [3.05, 3.63) is 89.0 Å². The molecule has 2 aromatic carbocycles. The quantitative estimate of drug-likeness (QED) is 0.443. The van der Waals surface area contributed by atoms with E-state index in [-0.39, 0.29) is 12.2 Å².